The maximum absolute atomic E-state index is 12.4. The smallest absolute Gasteiger partial charge is 0.194 e. The van der Waals surface area contributed by atoms with Gasteiger partial charge in [0.2, 0.25) is 0 Å². The molecule has 118 valence electrons. The number of nitroso groups, excluding NO2 is 1. The van der Waals surface area contributed by atoms with E-state index in [1.54, 1.807) is 13.8 Å². The molecular weight excluding hydrogens is 270 g/mol. The monoisotopic (exact) mass is 301 g/mol. The summed E-state index contributed by atoms with van der Waals surface area (Å²) in [5.41, 5.74) is -1.05. The van der Waals surface area contributed by atoms with Crippen LogP contribution in [0.3, 0.4) is 0 Å². The average molecular weight is 301 g/mol. The van der Waals surface area contributed by atoms with Crippen LogP contribution in [0.2, 0.25) is 0 Å². The van der Waals surface area contributed by atoms with Gasteiger partial charge in [-0.25, -0.2) is 0 Å². The molecule has 4 heteroatoms. The van der Waals surface area contributed by atoms with Crippen molar-refractivity contribution < 1.29 is 4.79 Å². The maximum atomic E-state index is 12.4. The second-order valence-corrected chi connectivity index (χ2v) is 9.25. The van der Waals surface area contributed by atoms with Crippen LogP contribution in [0.1, 0.15) is 68.2 Å². The molecular formula is C16H31NO2S. The number of rotatable bonds is 8. The summed E-state index contributed by atoms with van der Waals surface area (Å²) in [7, 11) is 0. The van der Waals surface area contributed by atoms with Crippen molar-refractivity contribution in [3.8, 4) is 0 Å². The molecule has 0 aromatic carbocycles. The molecule has 0 aliphatic carbocycles. The van der Waals surface area contributed by atoms with Crippen molar-refractivity contribution >= 4 is 16.9 Å². The van der Waals surface area contributed by atoms with Gasteiger partial charge >= 0.3 is 0 Å². The van der Waals surface area contributed by atoms with Crippen LogP contribution in [0.5, 0.6) is 0 Å². The Kier molecular flexibility index (Phi) is 6.92. The first-order valence-corrected chi connectivity index (χ1v) is 8.32. The predicted molar refractivity (Wildman–Crippen MR) is 89.0 cm³/mol. The van der Waals surface area contributed by atoms with E-state index < -0.39 is 11.0 Å². The fraction of sp³-hybridized carbons (Fsp3) is 0.938. The molecule has 0 N–H and O–H groups in total. The van der Waals surface area contributed by atoms with Gasteiger partial charge in [-0.15, -0.1) is 0 Å². The first-order chi connectivity index (χ1) is 8.81. The zero-order chi connectivity index (χ0) is 16.2. The van der Waals surface area contributed by atoms with E-state index in [4.69, 9.17) is 0 Å². The molecule has 0 atom stereocenters. The molecule has 0 aliphatic rings. The van der Waals surface area contributed by atoms with E-state index >= 15 is 0 Å². The molecule has 0 rings (SSSR count). The van der Waals surface area contributed by atoms with Crippen LogP contribution in [0.25, 0.3) is 0 Å². The molecule has 0 fully saturated rings. The van der Waals surface area contributed by atoms with Crippen molar-refractivity contribution in [2.45, 2.75) is 73.8 Å². The van der Waals surface area contributed by atoms with Crippen LogP contribution >= 0.6 is 11.8 Å². The minimum Gasteiger partial charge on any atom is -0.287 e. The van der Waals surface area contributed by atoms with Gasteiger partial charge in [0.1, 0.15) is 0 Å². The van der Waals surface area contributed by atoms with Crippen LogP contribution in [-0.4, -0.2) is 16.4 Å². The summed E-state index contributed by atoms with van der Waals surface area (Å²) < 4.78 is 0. The SMILES string of the molecule is CC(C)CC(C)(C)CSC(=O)C(C)(C)CC(C)(C)N=O. The number of thioether (sulfide) groups is 1. The van der Waals surface area contributed by atoms with Gasteiger partial charge in [0.25, 0.3) is 0 Å². The Bertz CT molecular complexity index is 346. The summed E-state index contributed by atoms with van der Waals surface area (Å²) in [6, 6.07) is 0. The van der Waals surface area contributed by atoms with Crippen molar-refractivity contribution in [3.63, 3.8) is 0 Å². The van der Waals surface area contributed by atoms with E-state index in [0.29, 0.717) is 12.3 Å². The van der Waals surface area contributed by atoms with Gasteiger partial charge < -0.3 is 0 Å². The highest BCUT2D eigenvalue weighted by Crippen LogP contribution is 2.37. The van der Waals surface area contributed by atoms with Crippen LogP contribution < -0.4 is 0 Å². The third kappa shape index (κ3) is 7.41. The lowest BCUT2D eigenvalue weighted by Crippen LogP contribution is -2.32. The number of carbonyl (C=O) groups is 1. The van der Waals surface area contributed by atoms with E-state index in [9.17, 15) is 9.70 Å². The van der Waals surface area contributed by atoms with Gasteiger partial charge in [0.15, 0.2) is 5.12 Å². The Morgan fingerprint density at radius 2 is 1.60 bits per heavy atom. The Hall–Kier alpha value is -0.380. The quantitative estimate of drug-likeness (QED) is 0.573. The lowest BCUT2D eigenvalue weighted by Gasteiger charge is -2.31. The van der Waals surface area contributed by atoms with Crippen LogP contribution in [0.15, 0.2) is 5.18 Å². The summed E-state index contributed by atoms with van der Waals surface area (Å²) in [6.07, 6.45) is 1.59. The highest BCUT2D eigenvalue weighted by Gasteiger charge is 2.36. The van der Waals surface area contributed by atoms with E-state index in [1.807, 2.05) is 13.8 Å². The van der Waals surface area contributed by atoms with Crippen LogP contribution in [0, 0.1) is 21.7 Å². The Balaban J connectivity index is 4.57. The zero-order valence-electron chi connectivity index (χ0n) is 14.4. The number of carbonyl (C=O) groups excluding carboxylic acids is 1. The summed E-state index contributed by atoms with van der Waals surface area (Å²) >= 11 is 1.40. The Labute approximate surface area is 128 Å². The topological polar surface area (TPSA) is 46.5 Å². The van der Waals surface area contributed by atoms with Gasteiger partial charge in [-0.1, -0.05) is 58.5 Å². The third-order valence-electron chi connectivity index (χ3n) is 3.23. The van der Waals surface area contributed by atoms with E-state index in [1.165, 1.54) is 11.8 Å². The molecule has 0 saturated heterocycles. The molecule has 3 nitrogen and oxygen atoms in total. The lowest BCUT2D eigenvalue weighted by molar-refractivity contribution is -0.119. The molecule has 0 unspecified atom stereocenters. The molecule has 0 aliphatic heterocycles. The number of nitrogens with zero attached hydrogens (tertiary/aromatic N) is 1. The molecule has 0 saturated carbocycles. The van der Waals surface area contributed by atoms with Gasteiger partial charge in [0, 0.05) is 11.2 Å². The predicted octanol–water partition coefficient (Wildman–Crippen LogP) is 5.28. The largest absolute Gasteiger partial charge is 0.287 e. The van der Waals surface area contributed by atoms with Crippen molar-refractivity contribution in [1.29, 1.82) is 0 Å². The van der Waals surface area contributed by atoms with E-state index in [-0.39, 0.29) is 10.5 Å². The Morgan fingerprint density at radius 1 is 1.10 bits per heavy atom. The molecule has 0 amide bonds. The number of hydrogen-bond acceptors (Lipinski definition) is 4. The van der Waals surface area contributed by atoms with Gasteiger partial charge in [-0.2, -0.15) is 4.91 Å². The summed E-state index contributed by atoms with van der Waals surface area (Å²) in [6.45, 7) is 16.2. The minimum absolute atomic E-state index is 0.156. The number of hydrogen-bond donors (Lipinski definition) is 0. The standard InChI is InChI=1S/C16H31NO2S/c1-12(2)9-14(3,4)11-20-13(18)15(5,6)10-16(7,8)17-19/h12H,9-11H2,1-8H3. The van der Waals surface area contributed by atoms with Gasteiger partial charge in [-0.3, -0.25) is 4.79 Å². The average Bonchev–Trinajstić information content (AvgIpc) is 2.22. The van der Waals surface area contributed by atoms with Gasteiger partial charge in [-0.05, 0) is 38.0 Å². The van der Waals surface area contributed by atoms with Crippen LogP contribution in [-0.2, 0) is 4.79 Å². The van der Waals surface area contributed by atoms with Gasteiger partial charge in [0.05, 0.1) is 5.54 Å². The molecule has 0 heterocycles. The molecule has 0 aromatic rings. The van der Waals surface area contributed by atoms with E-state index in [0.717, 1.165) is 12.2 Å². The zero-order valence-corrected chi connectivity index (χ0v) is 15.2. The van der Waals surface area contributed by atoms with E-state index in [2.05, 4.69) is 32.9 Å². The normalized spacial score (nSPS) is 13.7. The Morgan fingerprint density at radius 3 is 2.00 bits per heavy atom. The van der Waals surface area contributed by atoms with Crippen molar-refractivity contribution in [2.75, 3.05) is 5.75 Å². The first kappa shape index (κ1) is 19.6. The lowest BCUT2D eigenvalue weighted by atomic mass is 9.81. The molecule has 20 heavy (non-hydrogen) atoms. The molecule has 0 radical (unpaired) electrons. The highest BCUT2D eigenvalue weighted by atomic mass is 32.2. The fourth-order valence-electron chi connectivity index (χ4n) is 2.81. The van der Waals surface area contributed by atoms with Crippen molar-refractivity contribution in [2.24, 2.45) is 21.9 Å². The fourth-order valence-corrected chi connectivity index (χ4v) is 3.91. The maximum Gasteiger partial charge on any atom is 0.194 e. The summed E-state index contributed by atoms with van der Waals surface area (Å²) in [4.78, 5) is 23.2. The molecule has 0 spiro atoms. The van der Waals surface area contributed by atoms with Crippen molar-refractivity contribution in [1.82, 2.24) is 0 Å². The summed E-state index contributed by atoms with van der Waals surface area (Å²) in [5, 5.41) is 3.28. The highest BCUT2D eigenvalue weighted by molar-refractivity contribution is 8.13. The molecule has 0 aromatic heterocycles. The third-order valence-corrected chi connectivity index (χ3v) is 4.97. The second kappa shape index (κ2) is 7.06. The second-order valence-electron chi connectivity index (χ2n) is 8.30. The first-order valence-electron chi connectivity index (χ1n) is 7.33. The summed E-state index contributed by atoms with van der Waals surface area (Å²) in [5.74, 6) is 1.45. The van der Waals surface area contributed by atoms with Crippen LogP contribution in [0.4, 0.5) is 0 Å². The molecule has 0 bridgehead atoms. The minimum atomic E-state index is -0.687. The van der Waals surface area contributed by atoms with Crippen molar-refractivity contribution in [3.05, 3.63) is 4.91 Å².